The number of nitrogens with zero attached hydrogens (tertiary/aromatic N) is 2. The molecule has 0 unspecified atom stereocenters. The molecule has 0 radical (unpaired) electrons. The zero-order valence-corrected chi connectivity index (χ0v) is 13.1. The van der Waals surface area contributed by atoms with Gasteiger partial charge in [-0.2, -0.15) is 0 Å². The van der Waals surface area contributed by atoms with E-state index in [-0.39, 0.29) is 5.41 Å². The van der Waals surface area contributed by atoms with E-state index < -0.39 is 0 Å². The van der Waals surface area contributed by atoms with Gasteiger partial charge in [-0.25, -0.2) is 0 Å². The van der Waals surface area contributed by atoms with Gasteiger partial charge in [-0.15, -0.1) is 0 Å². The minimum atomic E-state index is -0.172. The fourth-order valence-corrected chi connectivity index (χ4v) is 3.63. The molecule has 1 saturated heterocycles. The van der Waals surface area contributed by atoms with Gasteiger partial charge in [0, 0.05) is 20.1 Å². The smallest absolute Gasteiger partial charge is 0.233 e. The van der Waals surface area contributed by atoms with Crippen LogP contribution in [-0.4, -0.2) is 39.1 Å². The van der Waals surface area contributed by atoms with Crippen molar-refractivity contribution < 1.29 is 4.79 Å². The molecule has 114 valence electrons. The summed E-state index contributed by atoms with van der Waals surface area (Å²) in [6.07, 6.45) is 2.84. The van der Waals surface area contributed by atoms with Gasteiger partial charge < -0.3 is 15.1 Å². The van der Waals surface area contributed by atoms with E-state index in [1.807, 2.05) is 17.0 Å². The number of likely N-dealkylation sites (N-methyl/N-ethyl adjacent to an activating group) is 1. The SMILES string of the molecule is CCC1(C(=O)N2CCN(C)c3ccccc32)CCNCC1. The minimum Gasteiger partial charge on any atom is -0.371 e. The third kappa shape index (κ3) is 2.42. The molecule has 0 atom stereocenters. The van der Waals surface area contributed by atoms with E-state index in [2.05, 4.69) is 36.3 Å². The van der Waals surface area contributed by atoms with Crippen LogP contribution in [0.25, 0.3) is 0 Å². The molecule has 1 aromatic rings. The first-order valence-corrected chi connectivity index (χ1v) is 8.01. The van der Waals surface area contributed by atoms with Crippen molar-refractivity contribution in [1.82, 2.24) is 5.32 Å². The van der Waals surface area contributed by atoms with Crippen molar-refractivity contribution in [1.29, 1.82) is 0 Å². The highest BCUT2D eigenvalue weighted by Crippen LogP contribution is 2.39. The van der Waals surface area contributed by atoms with Gasteiger partial charge in [0.05, 0.1) is 16.8 Å². The summed E-state index contributed by atoms with van der Waals surface area (Å²) in [5, 5.41) is 3.38. The molecule has 2 heterocycles. The van der Waals surface area contributed by atoms with Crippen molar-refractivity contribution in [2.24, 2.45) is 5.41 Å². The number of para-hydroxylation sites is 2. The number of rotatable bonds is 2. The van der Waals surface area contributed by atoms with Gasteiger partial charge in [0.25, 0.3) is 0 Å². The van der Waals surface area contributed by atoms with Crippen LogP contribution in [0.3, 0.4) is 0 Å². The molecule has 2 aliphatic rings. The molecule has 4 heteroatoms. The van der Waals surface area contributed by atoms with Crippen molar-refractivity contribution in [3.63, 3.8) is 0 Å². The van der Waals surface area contributed by atoms with Gasteiger partial charge in [0.2, 0.25) is 5.91 Å². The molecule has 4 nitrogen and oxygen atoms in total. The first-order valence-electron chi connectivity index (χ1n) is 8.01. The van der Waals surface area contributed by atoms with Crippen LogP contribution >= 0.6 is 0 Å². The molecule has 2 aliphatic heterocycles. The number of benzene rings is 1. The summed E-state index contributed by atoms with van der Waals surface area (Å²) in [6.45, 7) is 5.76. The predicted molar refractivity (Wildman–Crippen MR) is 86.9 cm³/mol. The van der Waals surface area contributed by atoms with Crippen LogP contribution in [0.2, 0.25) is 0 Å². The van der Waals surface area contributed by atoms with Gasteiger partial charge >= 0.3 is 0 Å². The Morgan fingerprint density at radius 1 is 1.19 bits per heavy atom. The van der Waals surface area contributed by atoms with Crippen molar-refractivity contribution in [3.05, 3.63) is 24.3 Å². The lowest BCUT2D eigenvalue weighted by atomic mass is 9.75. The van der Waals surface area contributed by atoms with Gasteiger partial charge in [-0.1, -0.05) is 19.1 Å². The van der Waals surface area contributed by atoms with E-state index >= 15 is 0 Å². The summed E-state index contributed by atoms with van der Waals surface area (Å²) in [7, 11) is 2.10. The molecule has 0 spiro atoms. The van der Waals surface area contributed by atoms with E-state index in [0.717, 1.165) is 56.8 Å². The maximum atomic E-state index is 13.3. The number of anilines is 2. The fourth-order valence-electron chi connectivity index (χ4n) is 3.63. The molecular formula is C17H25N3O. The average molecular weight is 287 g/mol. The highest BCUT2D eigenvalue weighted by Gasteiger charge is 2.42. The Kier molecular flexibility index (Phi) is 3.89. The molecule has 0 aliphatic carbocycles. The van der Waals surface area contributed by atoms with Gasteiger partial charge in [-0.3, -0.25) is 4.79 Å². The first kappa shape index (κ1) is 14.4. The van der Waals surface area contributed by atoms with Crippen LogP contribution in [0.5, 0.6) is 0 Å². The number of carbonyl (C=O) groups excluding carboxylic acids is 1. The summed E-state index contributed by atoms with van der Waals surface area (Å²) in [5.41, 5.74) is 2.06. The molecule has 3 rings (SSSR count). The van der Waals surface area contributed by atoms with Crippen molar-refractivity contribution in [3.8, 4) is 0 Å². The molecule has 1 amide bonds. The lowest BCUT2D eigenvalue weighted by Crippen LogP contribution is -2.52. The number of hydrogen-bond acceptors (Lipinski definition) is 3. The Morgan fingerprint density at radius 3 is 2.52 bits per heavy atom. The van der Waals surface area contributed by atoms with Crippen molar-refractivity contribution in [2.45, 2.75) is 26.2 Å². The Bertz CT molecular complexity index is 523. The van der Waals surface area contributed by atoms with Gasteiger partial charge in [-0.05, 0) is 44.5 Å². The van der Waals surface area contributed by atoms with Crippen LogP contribution in [-0.2, 0) is 4.79 Å². The second-order valence-electron chi connectivity index (χ2n) is 6.25. The lowest BCUT2D eigenvalue weighted by molar-refractivity contribution is -0.130. The summed E-state index contributed by atoms with van der Waals surface area (Å²) in [6, 6.07) is 8.26. The largest absolute Gasteiger partial charge is 0.371 e. The molecule has 21 heavy (non-hydrogen) atoms. The second kappa shape index (κ2) is 5.68. The highest BCUT2D eigenvalue weighted by molar-refractivity contribution is 6.01. The molecule has 0 saturated carbocycles. The van der Waals surface area contributed by atoms with Crippen LogP contribution in [0, 0.1) is 5.41 Å². The molecule has 1 aromatic carbocycles. The first-order chi connectivity index (χ1) is 10.2. The minimum absolute atomic E-state index is 0.172. The van der Waals surface area contributed by atoms with Gasteiger partial charge in [0.1, 0.15) is 0 Å². The molecule has 1 fully saturated rings. The number of carbonyl (C=O) groups is 1. The molecule has 0 aromatic heterocycles. The monoisotopic (exact) mass is 287 g/mol. The Hall–Kier alpha value is -1.55. The Morgan fingerprint density at radius 2 is 1.86 bits per heavy atom. The Labute approximate surface area is 127 Å². The number of hydrogen-bond donors (Lipinski definition) is 1. The van der Waals surface area contributed by atoms with Crippen LogP contribution in [0.1, 0.15) is 26.2 Å². The van der Waals surface area contributed by atoms with Crippen LogP contribution < -0.4 is 15.1 Å². The van der Waals surface area contributed by atoms with Crippen LogP contribution in [0.4, 0.5) is 11.4 Å². The van der Waals surface area contributed by atoms with E-state index in [9.17, 15) is 4.79 Å². The van der Waals surface area contributed by atoms with Crippen molar-refractivity contribution >= 4 is 17.3 Å². The fraction of sp³-hybridized carbons (Fsp3) is 0.588. The summed E-state index contributed by atoms with van der Waals surface area (Å²) in [5.74, 6) is 0.326. The van der Waals surface area contributed by atoms with E-state index in [1.54, 1.807) is 0 Å². The van der Waals surface area contributed by atoms with Gasteiger partial charge in [0.15, 0.2) is 0 Å². The third-order valence-electron chi connectivity index (χ3n) is 5.18. The topological polar surface area (TPSA) is 35.6 Å². The van der Waals surface area contributed by atoms with E-state index in [0.29, 0.717) is 5.91 Å². The van der Waals surface area contributed by atoms with E-state index in [1.165, 1.54) is 0 Å². The zero-order valence-electron chi connectivity index (χ0n) is 13.1. The van der Waals surface area contributed by atoms with Crippen LogP contribution in [0.15, 0.2) is 24.3 Å². The zero-order chi connectivity index (χ0) is 14.9. The summed E-state index contributed by atoms with van der Waals surface area (Å²) in [4.78, 5) is 17.5. The number of amides is 1. The lowest BCUT2D eigenvalue weighted by Gasteiger charge is -2.43. The normalized spacial score (nSPS) is 21.0. The summed E-state index contributed by atoms with van der Waals surface area (Å²) >= 11 is 0. The Balaban J connectivity index is 1.93. The quantitative estimate of drug-likeness (QED) is 0.906. The maximum Gasteiger partial charge on any atom is 0.233 e. The number of fused-ring (bicyclic) bond motifs is 1. The number of piperidine rings is 1. The predicted octanol–water partition coefficient (Wildman–Crippen LogP) is 2.25. The average Bonchev–Trinajstić information content (AvgIpc) is 2.55. The van der Waals surface area contributed by atoms with Crippen molar-refractivity contribution in [2.75, 3.05) is 43.0 Å². The molecular weight excluding hydrogens is 262 g/mol. The number of nitrogens with one attached hydrogen (secondary N) is 1. The third-order valence-corrected chi connectivity index (χ3v) is 5.18. The highest BCUT2D eigenvalue weighted by atomic mass is 16.2. The molecule has 1 N–H and O–H groups in total. The molecule has 0 bridgehead atoms. The maximum absolute atomic E-state index is 13.3. The van der Waals surface area contributed by atoms with E-state index in [4.69, 9.17) is 0 Å². The second-order valence-corrected chi connectivity index (χ2v) is 6.25. The standard InChI is InChI=1S/C17H25N3O/c1-3-17(8-10-18-11-9-17)16(21)20-13-12-19(2)14-6-4-5-7-15(14)20/h4-7,18H,3,8-13H2,1-2H3. The summed E-state index contributed by atoms with van der Waals surface area (Å²) < 4.78 is 0.